The first-order valence-corrected chi connectivity index (χ1v) is 26.7. The summed E-state index contributed by atoms with van der Waals surface area (Å²) >= 11 is 1.39. The lowest BCUT2D eigenvalue weighted by Crippen LogP contribution is -2.58. The van der Waals surface area contributed by atoms with Crippen LogP contribution in [0.4, 0.5) is 11.4 Å². The number of methoxy groups -OCH3 is 1. The second kappa shape index (κ2) is 18.8. The minimum atomic E-state index is -4.66. The average molecular weight is 979 g/mol. The van der Waals surface area contributed by atoms with Crippen LogP contribution in [0.5, 0.6) is 23.1 Å². The largest absolute Gasteiger partial charge is 0.491 e. The summed E-state index contributed by atoms with van der Waals surface area (Å²) in [7, 11) is -3.19. The third-order valence-corrected chi connectivity index (χ3v) is 18.3. The molecule has 5 aromatic rings. The van der Waals surface area contributed by atoms with Crippen molar-refractivity contribution in [2.24, 2.45) is 16.7 Å². The number of fused-ring (bicyclic) bond motifs is 2. The van der Waals surface area contributed by atoms with Gasteiger partial charge in [-0.05, 0) is 109 Å². The number of piperidine rings is 1. The molecule has 366 valence electrons. The van der Waals surface area contributed by atoms with Crippen LogP contribution in [0.25, 0.3) is 11.0 Å². The molecular formula is C52H62N6O9S2. The van der Waals surface area contributed by atoms with Crippen LogP contribution in [0.1, 0.15) is 113 Å². The average Bonchev–Trinajstić information content (AvgIpc) is 3.79. The summed E-state index contributed by atoms with van der Waals surface area (Å²) in [5, 5.41) is 13.2. The van der Waals surface area contributed by atoms with Gasteiger partial charge < -0.3 is 28.8 Å². The highest BCUT2D eigenvalue weighted by molar-refractivity contribution is 8.00. The molecular weight excluding hydrogens is 917 g/mol. The number of carbonyl (C=O) groups is 1. The summed E-state index contributed by atoms with van der Waals surface area (Å²) in [5.74, 6) is 0.379. The van der Waals surface area contributed by atoms with Crippen molar-refractivity contribution in [2.45, 2.75) is 112 Å². The van der Waals surface area contributed by atoms with E-state index in [1.807, 2.05) is 12.1 Å². The lowest BCUT2D eigenvalue weighted by atomic mass is 9.59. The highest BCUT2D eigenvalue weighted by atomic mass is 32.2. The summed E-state index contributed by atoms with van der Waals surface area (Å²) in [6, 6.07) is 20.5. The van der Waals surface area contributed by atoms with Gasteiger partial charge >= 0.3 is 0 Å². The Balaban J connectivity index is 0.876. The summed E-state index contributed by atoms with van der Waals surface area (Å²) in [6.45, 7) is 13.3. The van der Waals surface area contributed by atoms with E-state index < -0.39 is 25.7 Å². The van der Waals surface area contributed by atoms with Crippen LogP contribution in [0, 0.1) is 26.9 Å². The van der Waals surface area contributed by atoms with Gasteiger partial charge in [-0.25, -0.2) is 13.1 Å². The number of hydrogen-bond donors (Lipinski definition) is 2. The van der Waals surface area contributed by atoms with E-state index in [-0.39, 0.29) is 56.5 Å². The summed E-state index contributed by atoms with van der Waals surface area (Å²) in [4.78, 5) is 38.6. The van der Waals surface area contributed by atoms with E-state index in [9.17, 15) is 23.3 Å². The Morgan fingerprint density at radius 3 is 2.49 bits per heavy atom. The van der Waals surface area contributed by atoms with Gasteiger partial charge in [0.1, 0.15) is 28.6 Å². The number of nitrogens with zero attached hydrogens (tertiary/aromatic N) is 4. The van der Waals surface area contributed by atoms with Gasteiger partial charge in [-0.1, -0.05) is 52.0 Å². The van der Waals surface area contributed by atoms with E-state index in [2.05, 4.69) is 76.5 Å². The normalized spacial score (nSPS) is 21.9. The van der Waals surface area contributed by atoms with Crippen molar-refractivity contribution in [3.63, 3.8) is 0 Å². The predicted octanol–water partition coefficient (Wildman–Crippen LogP) is 10.4. The topological polar surface area (TPSA) is 178 Å². The fourth-order valence-corrected chi connectivity index (χ4v) is 13.8. The first-order valence-electron chi connectivity index (χ1n) is 24.3. The molecule has 69 heavy (non-hydrogen) atoms. The van der Waals surface area contributed by atoms with Crippen LogP contribution in [-0.4, -0.2) is 92.0 Å². The van der Waals surface area contributed by atoms with Crippen LogP contribution in [-0.2, 0) is 14.8 Å². The zero-order valence-corrected chi connectivity index (χ0v) is 41.6. The third-order valence-electron chi connectivity index (χ3n) is 15.6. The predicted molar refractivity (Wildman–Crippen MR) is 265 cm³/mol. The molecule has 0 radical (unpaired) electrons. The summed E-state index contributed by atoms with van der Waals surface area (Å²) < 4.78 is 54.6. The number of nitro benzene ring substituents is 1. The number of aromatic amines is 1. The zero-order chi connectivity index (χ0) is 48.2. The molecule has 1 spiro atoms. The van der Waals surface area contributed by atoms with Gasteiger partial charge in [-0.15, -0.1) is 11.8 Å². The lowest BCUT2D eigenvalue weighted by molar-refractivity contribution is -0.388. The molecule has 2 aromatic heterocycles. The minimum absolute atomic E-state index is 0.00581. The molecule has 15 nitrogen and oxygen atoms in total. The number of H-pyrrole nitrogens is 1. The molecule has 2 aliphatic carbocycles. The molecule has 3 aromatic carbocycles. The molecule has 5 heterocycles. The van der Waals surface area contributed by atoms with E-state index in [0.29, 0.717) is 41.6 Å². The Bertz CT molecular complexity index is 2860. The number of pyridine rings is 1. The molecule has 1 amide bonds. The van der Waals surface area contributed by atoms with E-state index in [1.165, 1.54) is 36.1 Å². The fourth-order valence-electron chi connectivity index (χ4n) is 11.4. The molecule has 2 saturated heterocycles. The number of amides is 1. The molecule has 3 aliphatic heterocycles. The SMILES string of the molecule is COc1nc2[nH]ccc2cc1Oc1cc(N2CCC3(CC2)CC(N2CCOC[C@H]2c2ccccc2C(C)C)C3)ccc1C(=O)NS(=O)(=O)c1cc2c(c([N+](=O)[O-])c1)SC(C1CCC(C)(C)CC1)CO2. The number of sulfonamides is 1. The van der Waals surface area contributed by atoms with E-state index in [0.717, 1.165) is 94.7 Å². The van der Waals surface area contributed by atoms with Crippen LogP contribution in [0.15, 0.2) is 82.7 Å². The zero-order valence-electron chi connectivity index (χ0n) is 40.0. The van der Waals surface area contributed by atoms with E-state index in [1.54, 1.807) is 24.4 Å². The smallest absolute Gasteiger partial charge is 0.288 e. The number of nitro groups is 1. The molecule has 0 bridgehead atoms. The van der Waals surface area contributed by atoms with Crippen molar-refractivity contribution < 1.29 is 37.1 Å². The number of morpholine rings is 1. The van der Waals surface area contributed by atoms with Crippen molar-refractivity contribution in [2.75, 3.05) is 51.5 Å². The molecule has 2 saturated carbocycles. The number of aromatic nitrogens is 2. The number of anilines is 1. The van der Waals surface area contributed by atoms with Crippen molar-refractivity contribution in [1.82, 2.24) is 19.6 Å². The van der Waals surface area contributed by atoms with Gasteiger partial charge in [0.25, 0.3) is 27.5 Å². The molecule has 10 rings (SSSR count). The highest BCUT2D eigenvalue weighted by Crippen LogP contribution is 2.54. The number of thioether (sulfide) groups is 1. The first kappa shape index (κ1) is 47.3. The molecule has 17 heteroatoms. The maximum Gasteiger partial charge on any atom is 0.288 e. The number of carbonyl (C=O) groups excluding carboxylic acids is 1. The molecule has 4 fully saturated rings. The second-order valence-corrected chi connectivity index (χ2v) is 23.7. The molecule has 2 atom stereocenters. The Labute approximate surface area is 408 Å². The Morgan fingerprint density at radius 2 is 1.75 bits per heavy atom. The van der Waals surface area contributed by atoms with Gasteiger partial charge in [-0.3, -0.25) is 19.8 Å². The maximum absolute atomic E-state index is 14.3. The standard InChI is InChI=1S/C52H62N6O9S2/c1-32(2)38-8-6-7-9-39(38)42-30-65-23-22-57(42)36-28-52(29-36)17-20-56(21-18-52)35-10-11-40(43(25-35)67-45-24-34-14-19-53-48(34)54-50(45)64-5)49(59)55-69(62,63)37-26-41(58(60)61)47-44(27-37)66-31-46(68-47)33-12-15-51(3,4)16-13-33/h6-11,14,19,24-27,32-33,36,42,46H,12-13,15-18,20-23,28-31H2,1-5H3,(H,53,54)(H,55,59)/t42-,46?/m0/s1. The summed E-state index contributed by atoms with van der Waals surface area (Å²) in [6.07, 6.45) is 10.2. The van der Waals surface area contributed by atoms with Gasteiger partial charge in [0, 0.05) is 66.4 Å². The van der Waals surface area contributed by atoms with Gasteiger partial charge in [0.15, 0.2) is 5.75 Å². The van der Waals surface area contributed by atoms with Crippen molar-refractivity contribution in [1.29, 1.82) is 0 Å². The Kier molecular flexibility index (Phi) is 12.9. The monoisotopic (exact) mass is 978 g/mol. The second-order valence-electron chi connectivity index (χ2n) is 20.8. The Hall–Kier alpha value is -5.36. The van der Waals surface area contributed by atoms with Crippen molar-refractivity contribution in [3.05, 3.63) is 99.7 Å². The van der Waals surface area contributed by atoms with Gasteiger partial charge in [-0.2, -0.15) is 4.98 Å². The van der Waals surface area contributed by atoms with E-state index in [4.69, 9.17) is 18.9 Å². The quantitative estimate of drug-likeness (QED) is 0.0892. The van der Waals surface area contributed by atoms with Crippen molar-refractivity contribution >= 4 is 50.1 Å². The van der Waals surface area contributed by atoms with Crippen LogP contribution in [0.3, 0.4) is 0 Å². The molecule has 2 N–H and O–H groups in total. The first-order chi connectivity index (χ1) is 33.1. The minimum Gasteiger partial charge on any atom is -0.491 e. The van der Waals surface area contributed by atoms with Crippen LogP contribution in [0.2, 0.25) is 0 Å². The van der Waals surface area contributed by atoms with Crippen molar-refractivity contribution in [3.8, 4) is 23.1 Å². The number of hydrogen-bond acceptors (Lipinski definition) is 13. The van der Waals surface area contributed by atoms with Gasteiger partial charge in [0.2, 0.25) is 0 Å². The number of ether oxygens (including phenoxy) is 4. The molecule has 1 unspecified atom stereocenters. The van der Waals surface area contributed by atoms with Crippen LogP contribution < -0.4 is 23.8 Å². The number of rotatable bonds is 12. The lowest BCUT2D eigenvalue weighted by Gasteiger charge is -2.57. The number of nitrogens with one attached hydrogen (secondary N) is 2. The third kappa shape index (κ3) is 9.51. The van der Waals surface area contributed by atoms with Gasteiger partial charge in [0.05, 0.1) is 41.7 Å². The van der Waals surface area contributed by atoms with Crippen LogP contribution >= 0.6 is 11.8 Å². The number of benzene rings is 3. The maximum atomic E-state index is 14.3. The van der Waals surface area contributed by atoms with E-state index >= 15 is 0 Å². The fraction of sp³-hybridized carbons (Fsp3) is 0.500. The Morgan fingerprint density at radius 1 is 0.986 bits per heavy atom. The molecule has 5 aliphatic rings. The summed E-state index contributed by atoms with van der Waals surface area (Å²) in [5.41, 5.74) is 4.22. The highest BCUT2D eigenvalue weighted by Gasteiger charge is 2.50.